The zero-order valence-corrected chi connectivity index (χ0v) is 6.29. The Labute approximate surface area is 64.3 Å². The lowest BCUT2D eigenvalue weighted by atomic mass is 10.4. The first-order chi connectivity index (χ1) is 5.16. The standard InChI is InChI=1S/C6H11NO4/c1-2-11-4-3-5(8)7-6(9)10/h2-4H2,1H3,(H,7,8)(H,9,10). The molecular formula is C6H11NO4. The van der Waals surface area contributed by atoms with E-state index >= 15 is 0 Å². The number of carbonyl (C=O) groups is 2. The first-order valence-corrected chi connectivity index (χ1v) is 3.27. The van der Waals surface area contributed by atoms with E-state index in [9.17, 15) is 9.59 Å². The third-order valence-electron chi connectivity index (χ3n) is 0.924. The lowest BCUT2D eigenvalue weighted by Gasteiger charge is -1.99. The molecule has 0 saturated carbocycles. The Kier molecular flexibility index (Phi) is 5.10. The van der Waals surface area contributed by atoms with Crippen LogP contribution >= 0.6 is 0 Å². The van der Waals surface area contributed by atoms with E-state index in [1.165, 1.54) is 0 Å². The summed E-state index contributed by atoms with van der Waals surface area (Å²) in [5.41, 5.74) is 0. The highest BCUT2D eigenvalue weighted by atomic mass is 16.5. The van der Waals surface area contributed by atoms with Crippen molar-refractivity contribution in [3.8, 4) is 0 Å². The molecule has 0 rings (SSSR count). The first-order valence-electron chi connectivity index (χ1n) is 3.27. The van der Waals surface area contributed by atoms with Gasteiger partial charge in [0.15, 0.2) is 0 Å². The Morgan fingerprint density at radius 3 is 2.64 bits per heavy atom. The summed E-state index contributed by atoms with van der Waals surface area (Å²) in [5.74, 6) is -0.536. The predicted octanol–water partition coefficient (Wildman–Crippen LogP) is 0.207. The number of carbonyl (C=O) groups excluding carboxylic acids is 1. The quantitative estimate of drug-likeness (QED) is 0.578. The van der Waals surface area contributed by atoms with Crippen molar-refractivity contribution < 1.29 is 19.4 Å². The van der Waals surface area contributed by atoms with Gasteiger partial charge in [0.25, 0.3) is 0 Å². The van der Waals surface area contributed by atoms with Gasteiger partial charge >= 0.3 is 6.09 Å². The molecule has 0 aliphatic carbocycles. The number of ether oxygens (including phenoxy) is 1. The molecule has 64 valence electrons. The van der Waals surface area contributed by atoms with Crippen molar-refractivity contribution in [1.29, 1.82) is 0 Å². The van der Waals surface area contributed by atoms with E-state index in [1.807, 2.05) is 0 Å². The molecule has 11 heavy (non-hydrogen) atoms. The number of hydrogen-bond acceptors (Lipinski definition) is 3. The summed E-state index contributed by atoms with van der Waals surface area (Å²) in [6.07, 6.45) is -1.24. The van der Waals surface area contributed by atoms with Gasteiger partial charge in [-0.25, -0.2) is 4.79 Å². The third-order valence-corrected chi connectivity index (χ3v) is 0.924. The highest BCUT2D eigenvalue weighted by Crippen LogP contribution is 1.82. The molecule has 0 atom stereocenters. The summed E-state index contributed by atoms with van der Waals surface area (Å²) in [5, 5.41) is 9.77. The predicted molar refractivity (Wildman–Crippen MR) is 37.3 cm³/mol. The summed E-state index contributed by atoms with van der Waals surface area (Å²) in [6, 6.07) is 0. The molecule has 0 aromatic rings. The van der Waals surface area contributed by atoms with Gasteiger partial charge in [0, 0.05) is 6.61 Å². The number of nitrogens with one attached hydrogen (secondary N) is 1. The molecule has 0 saturated heterocycles. The Morgan fingerprint density at radius 1 is 1.55 bits per heavy atom. The lowest BCUT2D eigenvalue weighted by Crippen LogP contribution is -2.29. The van der Waals surface area contributed by atoms with Crippen LogP contribution in [0.1, 0.15) is 13.3 Å². The second kappa shape index (κ2) is 5.67. The van der Waals surface area contributed by atoms with Crippen molar-refractivity contribution in [3.05, 3.63) is 0 Å². The van der Waals surface area contributed by atoms with Crippen molar-refractivity contribution in [2.24, 2.45) is 0 Å². The summed E-state index contributed by atoms with van der Waals surface area (Å²) in [6.45, 7) is 2.59. The van der Waals surface area contributed by atoms with Crippen LogP contribution in [0.2, 0.25) is 0 Å². The molecule has 0 spiro atoms. The minimum atomic E-state index is -1.33. The number of carboxylic acid groups (broad SMARTS) is 1. The minimum absolute atomic E-state index is 0.0835. The summed E-state index contributed by atoms with van der Waals surface area (Å²) < 4.78 is 4.83. The fraction of sp³-hybridized carbons (Fsp3) is 0.667. The van der Waals surface area contributed by atoms with E-state index in [0.717, 1.165) is 0 Å². The fourth-order valence-electron chi connectivity index (χ4n) is 0.491. The van der Waals surface area contributed by atoms with Crippen LogP contribution in [0.4, 0.5) is 4.79 Å². The molecule has 0 aromatic carbocycles. The molecule has 5 nitrogen and oxygen atoms in total. The van der Waals surface area contributed by atoms with Gasteiger partial charge in [0.05, 0.1) is 13.0 Å². The maximum atomic E-state index is 10.6. The van der Waals surface area contributed by atoms with Crippen LogP contribution in [-0.4, -0.2) is 30.3 Å². The Morgan fingerprint density at radius 2 is 2.18 bits per heavy atom. The molecule has 0 unspecified atom stereocenters. The number of amides is 2. The molecule has 5 heteroatoms. The third kappa shape index (κ3) is 6.79. The smallest absolute Gasteiger partial charge is 0.411 e. The molecule has 0 bridgehead atoms. The second-order valence-electron chi connectivity index (χ2n) is 1.80. The maximum absolute atomic E-state index is 10.6. The lowest BCUT2D eigenvalue weighted by molar-refractivity contribution is -0.121. The van der Waals surface area contributed by atoms with Crippen LogP contribution in [0.3, 0.4) is 0 Å². The van der Waals surface area contributed by atoms with Crippen LogP contribution in [-0.2, 0) is 9.53 Å². The van der Waals surface area contributed by atoms with E-state index in [0.29, 0.717) is 6.61 Å². The molecule has 0 heterocycles. The van der Waals surface area contributed by atoms with Crippen molar-refractivity contribution >= 4 is 12.0 Å². The first kappa shape index (κ1) is 9.90. The zero-order chi connectivity index (χ0) is 8.69. The number of rotatable bonds is 4. The van der Waals surface area contributed by atoms with Crippen LogP contribution < -0.4 is 5.32 Å². The van der Waals surface area contributed by atoms with E-state index < -0.39 is 12.0 Å². The molecule has 0 aromatic heterocycles. The van der Waals surface area contributed by atoms with Crippen molar-refractivity contribution in [1.82, 2.24) is 5.32 Å². The second-order valence-corrected chi connectivity index (χ2v) is 1.80. The Bertz CT molecular complexity index is 146. The molecule has 2 N–H and O–H groups in total. The van der Waals surface area contributed by atoms with Gasteiger partial charge in [-0.1, -0.05) is 0 Å². The van der Waals surface area contributed by atoms with Crippen LogP contribution in [0.25, 0.3) is 0 Å². The minimum Gasteiger partial charge on any atom is -0.465 e. The average molecular weight is 161 g/mol. The summed E-state index contributed by atoms with van der Waals surface area (Å²) >= 11 is 0. The highest BCUT2D eigenvalue weighted by Gasteiger charge is 2.03. The van der Waals surface area contributed by atoms with Crippen molar-refractivity contribution in [3.63, 3.8) is 0 Å². The fourth-order valence-corrected chi connectivity index (χ4v) is 0.491. The van der Waals surface area contributed by atoms with Gasteiger partial charge in [0.2, 0.25) is 5.91 Å². The van der Waals surface area contributed by atoms with Gasteiger partial charge in [-0.15, -0.1) is 0 Å². The molecule has 0 aliphatic rings. The van der Waals surface area contributed by atoms with Crippen molar-refractivity contribution in [2.75, 3.05) is 13.2 Å². The van der Waals surface area contributed by atoms with Crippen LogP contribution in [0.15, 0.2) is 0 Å². The van der Waals surface area contributed by atoms with E-state index in [-0.39, 0.29) is 13.0 Å². The van der Waals surface area contributed by atoms with E-state index in [4.69, 9.17) is 9.84 Å². The topological polar surface area (TPSA) is 75.6 Å². The summed E-state index contributed by atoms with van der Waals surface area (Å²) in [7, 11) is 0. The van der Waals surface area contributed by atoms with E-state index in [2.05, 4.69) is 0 Å². The summed E-state index contributed by atoms with van der Waals surface area (Å²) in [4.78, 5) is 20.4. The normalized spacial score (nSPS) is 9.18. The highest BCUT2D eigenvalue weighted by molar-refractivity contribution is 5.90. The van der Waals surface area contributed by atoms with Crippen molar-refractivity contribution in [2.45, 2.75) is 13.3 Å². The monoisotopic (exact) mass is 161 g/mol. The van der Waals surface area contributed by atoms with Gasteiger partial charge in [0.1, 0.15) is 0 Å². The van der Waals surface area contributed by atoms with Crippen LogP contribution in [0.5, 0.6) is 0 Å². The molecule has 0 fully saturated rings. The number of hydrogen-bond donors (Lipinski definition) is 2. The molecule has 0 radical (unpaired) electrons. The largest absolute Gasteiger partial charge is 0.465 e. The van der Waals surface area contributed by atoms with Gasteiger partial charge in [-0.2, -0.15) is 0 Å². The molecule has 0 aliphatic heterocycles. The molecular weight excluding hydrogens is 150 g/mol. The SMILES string of the molecule is CCOCCC(=O)NC(=O)O. The average Bonchev–Trinajstić information content (AvgIpc) is 1.86. The Hall–Kier alpha value is -1.10. The van der Waals surface area contributed by atoms with E-state index in [1.54, 1.807) is 12.2 Å². The maximum Gasteiger partial charge on any atom is 0.411 e. The van der Waals surface area contributed by atoms with Crippen LogP contribution in [0, 0.1) is 0 Å². The number of imide groups is 1. The zero-order valence-electron chi connectivity index (χ0n) is 6.29. The van der Waals surface area contributed by atoms with Gasteiger partial charge in [-0.05, 0) is 6.92 Å². The van der Waals surface area contributed by atoms with Gasteiger partial charge < -0.3 is 9.84 Å². The van der Waals surface area contributed by atoms with Gasteiger partial charge in [-0.3, -0.25) is 10.1 Å². The Balaban J connectivity index is 3.30. The molecule has 2 amide bonds.